The van der Waals surface area contributed by atoms with Gasteiger partial charge in [0.15, 0.2) is 0 Å². The largest absolute Gasteiger partial charge is 0.441 e. The summed E-state index contributed by atoms with van der Waals surface area (Å²) < 4.78 is 31.0. The van der Waals surface area contributed by atoms with Crippen molar-refractivity contribution in [2.75, 3.05) is 5.75 Å². The van der Waals surface area contributed by atoms with Crippen LogP contribution in [0, 0.1) is 12.7 Å². The molecule has 0 radical (unpaired) electrons. The zero-order chi connectivity index (χ0) is 20.8. The number of benzene rings is 2. The van der Waals surface area contributed by atoms with Gasteiger partial charge in [0.1, 0.15) is 17.3 Å². The first kappa shape index (κ1) is 20.9. The molecule has 7 heteroatoms. The first-order valence-corrected chi connectivity index (χ1v) is 10.8. The highest BCUT2D eigenvalue weighted by molar-refractivity contribution is 7.84. The van der Waals surface area contributed by atoms with E-state index < -0.39 is 10.8 Å². The highest BCUT2D eigenvalue weighted by atomic mass is 32.2. The van der Waals surface area contributed by atoms with E-state index in [1.165, 1.54) is 17.7 Å². The molecule has 0 aliphatic carbocycles. The lowest BCUT2D eigenvalue weighted by Gasteiger charge is -2.05. The van der Waals surface area contributed by atoms with Gasteiger partial charge >= 0.3 is 0 Å². The minimum atomic E-state index is -1.42. The van der Waals surface area contributed by atoms with Crippen molar-refractivity contribution in [3.63, 3.8) is 0 Å². The van der Waals surface area contributed by atoms with E-state index in [1.807, 2.05) is 24.3 Å². The van der Waals surface area contributed by atoms with Crippen molar-refractivity contribution >= 4 is 16.7 Å². The Labute approximate surface area is 171 Å². The zero-order valence-electron chi connectivity index (χ0n) is 16.4. The van der Waals surface area contributed by atoms with Crippen LogP contribution in [-0.4, -0.2) is 20.9 Å². The number of oxazole rings is 1. The van der Waals surface area contributed by atoms with Gasteiger partial charge in [-0.15, -0.1) is 0 Å². The molecule has 1 N–H and O–H groups in total. The van der Waals surface area contributed by atoms with E-state index in [9.17, 15) is 13.4 Å². The van der Waals surface area contributed by atoms with Gasteiger partial charge in [-0.1, -0.05) is 31.2 Å². The maximum atomic E-state index is 12.9. The molecule has 3 rings (SSSR count). The highest BCUT2D eigenvalue weighted by Crippen LogP contribution is 2.23. The minimum absolute atomic E-state index is 0.131. The van der Waals surface area contributed by atoms with E-state index in [1.54, 1.807) is 19.1 Å². The number of carbonyl (C=O) groups excluding carboxylic acids is 1. The van der Waals surface area contributed by atoms with Gasteiger partial charge in [-0.05, 0) is 48.7 Å². The van der Waals surface area contributed by atoms with Gasteiger partial charge in [0.2, 0.25) is 11.8 Å². The Morgan fingerprint density at radius 1 is 1.10 bits per heavy atom. The topological polar surface area (TPSA) is 72.2 Å². The second kappa shape index (κ2) is 9.60. The summed E-state index contributed by atoms with van der Waals surface area (Å²) in [7, 11) is -1.42. The third-order valence-electron chi connectivity index (χ3n) is 4.49. The van der Waals surface area contributed by atoms with Gasteiger partial charge in [0, 0.05) is 22.9 Å². The first-order chi connectivity index (χ1) is 13.9. The SMILES string of the molecule is CCc1ccc(-c2nc(C[S@](=O)CC(=O)NCc3ccc(F)cc3)c(C)o2)cc1. The Morgan fingerprint density at radius 2 is 1.76 bits per heavy atom. The average Bonchev–Trinajstić information content (AvgIpc) is 3.07. The molecule has 0 saturated carbocycles. The lowest BCUT2D eigenvalue weighted by Crippen LogP contribution is -2.28. The molecule has 1 amide bonds. The monoisotopic (exact) mass is 414 g/mol. The van der Waals surface area contributed by atoms with Gasteiger partial charge in [-0.2, -0.15) is 0 Å². The van der Waals surface area contributed by atoms with Gasteiger partial charge in [0.25, 0.3) is 0 Å². The molecule has 5 nitrogen and oxygen atoms in total. The Morgan fingerprint density at radius 3 is 2.41 bits per heavy atom. The van der Waals surface area contributed by atoms with Crippen LogP contribution in [0.1, 0.15) is 29.5 Å². The van der Waals surface area contributed by atoms with Gasteiger partial charge in [0.05, 0.1) is 11.4 Å². The van der Waals surface area contributed by atoms with Crippen molar-refractivity contribution in [3.05, 3.63) is 76.9 Å². The summed E-state index contributed by atoms with van der Waals surface area (Å²) in [5.74, 6) is 0.437. The Kier molecular flexibility index (Phi) is 6.93. The van der Waals surface area contributed by atoms with E-state index in [-0.39, 0.29) is 29.8 Å². The smallest absolute Gasteiger partial charge is 0.232 e. The Balaban J connectivity index is 1.55. The van der Waals surface area contributed by atoms with Gasteiger partial charge in [-0.25, -0.2) is 9.37 Å². The first-order valence-electron chi connectivity index (χ1n) is 9.36. The molecule has 3 aromatic rings. The van der Waals surface area contributed by atoms with E-state index in [0.717, 1.165) is 17.5 Å². The molecule has 152 valence electrons. The standard InChI is InChI=1S/C22H23FN2O3S/c1-3-16-4-8-18(9-5-16)22-25-20(15(2)28-22)13-29(27)14-21(26)24-12-17-6-10-19(23)11-7-17/h4-11H,3,12-14H2,1-2H3,(H,24,26)/t29-/m0/s1. The number of nitrogens with zero attached hydrogens (tertiary/aromatic N) is 1. The molecule has 1 aromatic heterocycles. The maximum absolute atomic E-state index is 12.9. The van der Waals surface area contributed by atoms with Crippen molar-refractivity contribution in [2.45, 2.75) is 32.6 Å². The van der Waals surface area contributed by atoms with Crippen LogP contribution in [0.25, 0.3) is 11.5 Å². The number of rotatable bonds is 8. The number of carbonyl (C=O) groups is 1. The summed E-state index contributed by atoms with van der Waals surface area (Å²) in [6.07, 6.45) is 0.957. The minimum Gasteiger partial charge on any atom is -0.441 e. The molecule has 29 heavy (non-hydrogen) atoms. The molecule has 0 unspecified atom stereocenters. The Bertz CT molecular complexity index is 998. The quantitative estimate of drug-likeness (QED) is 0.606. The average molecular weight is 415 g/mol. The third kappa shape index (κ3) is 5.84. The van der Waals surface area contributed by atoms with E-state index >= 15 is 0 Å². The van der Waals surface area contributed by atoms with Crippen LogP contribution in [0.5, 0.6) is 0 Å². The predicted octanol–water partition coefficient (Wildman–Crippen LogP) is 3.92. The van der Waals surface area contributed by atoms with Crippen LogP contribution in [0.15, 0.2) is 52.9 Å². The Hall–Kier alpha value is -2.80. The van der Waals surface area contributed by atoms with Crippen molar-refractivity contribution in [1.82, 2.24) is 10.3 Å². The maximum Gasteiger partial charge on any atom is 0.232 e. The normalized spacial score (nSPS) is 12.0. The predicted molar refractivity (Wildman–Crippen MR) is 111 cm³/mol. The molecule has 0 aliphatic rings. The van der Waals surface area contributed by atoms with E-state index in [2.05, 4.69) is 17.2 Å². The highest BCUT2D eigenvalue weighted by Gasteiger charge is 2.16. The van der Waals surface area contributed by atoms with Crippen molar-refractivity contribution < 1.29 is 17.8 Å². The molecule has 1 heterocycles. The molecular weight excluding hydrogens is 391 g/mol. The summed E-state index contributed by atoms with van der Waals surface area (Å²) in [5.41, 5.74) is 3.45. The van der Waals surface area contributed by atoms with Gasteiger partial charge in [-0.3, -0.25) is 9.00 Å². The van der Waals surface area contributed by atoms with Crippen LogP contribution in [0.3, 0.4) is 0 Å². The second-order valence-corrected chi connectivity index (χ2v) is 8.16. The molecule has 0 bridgehead atoms. The number of amides is 1. The third-order valence-corrected chi connectivity index (χ3v) is 5.67. The van der Waals surface area contributed by atoms with Crippen LogP contribution in [-0.2, 0) is 34.3 Å². The number of aryl methyl sites for hydroxylation is 2. The summed E-state index contributed by atoms with van der Waals surface area (Å²) in [5, 5.41) is 2.69. The second-order valence-electron chi connectivity index (χ2n) is 6.70. The number of nitrogens with one attached hydrogen (secondary N) is 1. The van der Waals surface area contributed by atoms with Crippen LogP contribution >= 0.6 is 0 Å². The van der Waals surface area contributed by atoms with Crippen LogP contribution in [0.2, 0.25) is 0 Å². The lowest BCUT2D eigenvalue weighted by molar-refractivity contribution is -0.118. The van der Waals surface area contributed by atoms with Crippen molar-refractivity contribution in [1.29, 1.82) is 0 Å². The number of hydrogen-bond donors (Lipinski definition) is 1. The van der Waals surface area contributed by atoms with Crippen molar-refractivity contribution in [2.24, 2.45) is 0 Å². The fraction of sp³-hybridized carbons (Fsp3) is 0.273. The molecule has 0 saturated heterocycles. The van der Waals surface area contributed by atoms with Crippen molar-refractivity contribution in [3.8, 4) is 11.5 Å². The number of hydrogen-bond acceptors (Lipinski definition) is 4. The molecule has 0 fully saturated rings. The summed E-state index contributed by atoms with van der Waals surface area (Å²) >= 11 is 0. The summed E-state index contributed by atoms with van der Waals surface area (Å²) in [6, 6.07) is 13.8. The van der Waals surface area contributed by atoms with E-state index in [0.29, 0.717) is 17.3 Å². The molecule has 2 aromatic carbocycles. The molecule has 1 atom stereocenters. The fourth-order valence-corrected chi connectivity index (χ4v) is 3.84. The summed E-state index contributed by atoms with van der Waals surface area (Å²) in [4.78, 5) is 16.5. The number of halogens is 1. The van der Waals surface area contributed by atoms with E-state index in [4.69, 9.17) is 4.42 Å². The number of aromatic nitrogens is 1. The van der Waals surface area contributed by atoms with Gasteiger partial charge < -0.3 is 9.73 Å². The fourth-order valence-electron chi connectivity index (χ4n) is 2.77. The van der Waals surface area contributed by atoms with Crippen LogP contribution < -0.4 is 5.32 Å². The zero-order valence-corrected chi connectivity index (χ0v) is 17.2. The molecule has 0 spiro atoms. The van der Waals surface area contributed by atoms with Crippen LogP contribution in [0.4, 0.5) is 4.39 Å². The lowest BCUT2D eigenvalue weighted by atomic mass is 10.1. The molecular formula is C22H23FN2O3S. The molecule has 0 aliphatic heterocycles. The summed E-state index contributed by atoms with van der Waals surface area (Å²) in [6.45, 7) is 4.13.